The Morgan fingerprint density at radius 1 is 1.39 bits per heavy atom. The van der Waals surface area contributed by atoms with E-state index in [4.69, 9.17) is 4.74 Å². The number of hydrogen-bond acceptors (Lipinski definition) is 2. The molecule has 3 heteroatoms. The van der Waals surface area contributed by atoms with Crippen LogP contribution >= 0.6 is 15.9 Å². The number of rotatable bonds is 5. The predicted molar refractivity (Wildman–Crippen MR) is 79.2 cm³/mol. The summed E-state index contributed by atoms with van der Waals surface area (Å²) >= 11 is 3.48. The Balaban J connectivity index is 1.82. The lowest BCUT2D eigenvalue weighted by atomic mass is 10.2. The van der Waals surface area contributed by atoms with Gasteiger partial charge in [-0.25, -0.2) is 0 Å². The molecule has 1 aliphatic carbocycles. The van der Waals surface area contributed by atoms with Crippen LogP contribution in [0.15, 0.2) is 22.7 Å². The van der Waals surface area contributed by atoms with Gasteiger partial charge in [0.05, 0.1) is 0 Å². The Labute approximate surface area is 118 Å². The summed E-state index contributed by atoms with van der Waals surface area (Å²) in [5, 5.41) is 3.60. The van der Waals surface area contributed by atoms with Crippen LogP contribution in [0.1, 0.15) is 38.2 Å². The highest BCUT2D eigenvalue weighted by molar-refractivity contribution is 9.10. The average Bonchev–Trinajstić information content (AvgIpc) is 2.84. The van der Waals surface area contributed by atoms with Crippen molar-refractivity contribution in [3.8, 4) is 5.75 Å². The van der Waals surface area contributed by atoms with Crippen molar-refractivity contribution in [2.75, 3.05) is 6.54 Å². The van der Waals surface area contributed by atoms with Crippen LogP contribution in [-0.2, 0) is 0 Å². The molecule has 0 aliphatic heterocycles. The molecule has 0 spiro atoms. The minimum Gasteiger partial charge on any atom is -0.489 e. The van der Waals surface area contributed by atoms with Gasteiger partial charge in [-0.2, -0.15) is 0 Å². The number of halogens is 1. The summed E-state index contributed by atoms with van der Waals surface area (Å²) in [6, 6.07) is 6.88. The first kappa shape index (κ1) is 13.9. The van der Waals surface area contributed by atoms with Gasteiger partial charge in [-0.3, -0.25) is 0 Å². The number of aryl methyl sites for hydroxylation is 1. The second-order valence-electron chi connectivity index (χ2n) is 5.23. The largest absolute Gasteiger partial charge is 0.489 e. The summed E-state index contributed by atoms with van der Waals surface area (Å²) in [5.74, 6) is 0.977. The zero-order valence-electron chi connectivity index (χ0n) is 11.2. The van der Waals surface area contributed by atoms with Crippen LogP contribution in [-0.4, -0.2) is 18.7 Å². The van der Waals surface area contributed by atoms with E-state index in [1.807, 2.05) is 12.1 Å². The lowest BCUT2D eigenvalue weighted by molar-refractivity contribution is 0.210. The molecular weight excluding hydrogens is 290 g/mol. The van der Waals surface area contributed by atoms with E-state index in [2.05, 4.69) is 41.2 Å². The fourth-order valence-corrected chi connectivity index (χ4v) is 2.76. The maximum atomic E-state index is 5.99. The number of benzene rings is 1. The van der Waals surface area contributed by atoms with Gasteiger partial charge < -0.3 is 10.1 Å². The first-order chi connectivity index (χ1) is 8.65. The van der Waals surface area contributed by atoms with Gasteiger partial charge in [-0.05, 0) is 44.4 Å². The monoisotopic (exact) mass is 311 g/mol. The molecule has 0 amide bonds. The van der Waals surface area contributed by atoms with Crippen LogP contribution < -0.4 is 10.1 Å². The molecule has 0 aromatic heterocycles. The molecule has 0 radical (unpaired) electrons. The fourth-order valence-electron chi connectivity index (χ4n) is 2.42. The van der Waals surface area contributed by atoms with Gasteiger partial charge in [0.25, 0.3) is 0 Å². The van der Waals surface area contributed by atoms with Crippen LogP contribution in [0.2, 0.25) is 0 Å². The first-order valence-electron chi connectivity index (χ1n) is 6.81. The summed E-state index contributed by atoms with van der Waals surface area (Å²) in [6.45, 7) is 5.14. The minimum absolute atomic E-state index is 0.207. The van der Waals surface area contributed by atoms with E-state index in [0.29, 0.717) is 6.04 Å². The van der Waals surface area contributed by atoms with Crippen molar-refractivity contribution >= 4 is 15.9 Å². The zero-order valence-corrected chi connectivity index (χ0v) is 12.8. The SMILES string of the molecule is Cc1ccc(Br)cc1OC(C)CNC1CCCC1. The molecule has 1 aromatic carbocycles. The van der Waals surface area contributed by atoms with Gasteiger partial charge in [0.1, 0.15) is 11.9 Å². The standard InChI is InChI=1S/C15H22BrNO/c1-11-7-8-13(16)9-15(11)18-12(2)10-17-14-5-3-4-6-14/h7-9,12,14,17H,3-6,10H2,1-2H3. The summed E-state index contributed by atoms with van der Waals surface area (Å²) in [7, 11) is 0. The fraction of sp³-hybridized carbons (Fsp3) is 0.600. The minimum atomic E-state index is 0.207. The molecule has 0 bridgehead atoms. The smallest absolute Gasteiger partial charge is 0.123 e. The number of nitrogens with one attached hydrogen (secondary N) is 1. The molecule has 2 nitrogen and oxygen atoms in total. The zero-order chi connectivity index (χ0) is 13.0. The molecule has 1 aromatic rings. The molecule has 1 fully saturated rings. The maximum absolute atomic E-state index is 5.99. The topological polar surface area (TPSA) is 21.3 Å². The van der Waals surface area contributed by atoms with Crippen molar-refractivity contribution in [3.05, 3.63) is 28.2 Å². The van der Waals surface area contributed by atoms with Gasteiger partial charge in [0.15, 0.2) is 0 Å². The molecule has 2 rings (SSSR count). The summed E-state index contributed by atoms with van der Waals surface area (Å²) < 4.78 is 7.06. The third kappa shape index (κ3) is 3.99. The molecule has 1 atom stereocenters. The van der Waals surface area contributed by atoms with Crippen LogP contribution in [0.25, 0.3) is 0 Å². The lowest BCUT2D eigenvalue weighted by Crippen LogP contribution is -2.35. The van der Waals surface area contributed by atoms with E-state index in [1.54, 1.807) is 0 Å². The predicted octanol–water partition coefficient (Wildman–Crippen LogP) is 4.06. The molecule has 1 unspecified atom stereocenters. The maximum Gasteiger partial charge on any atom is 0.123 e. The van der Waals surface area contributed by atoms with E-state index in [-0.39, 0.29) is 6.10 Å². The first-order valence-corrected chi connectivity index (χ1v) is 7.60. The molecule has 0 heterocycles. The summed E-state index contributed by atoms with van der Waals surface area (Å²) in [5.41, 5.74) is 1.19. The molecule has 0 saturated heterocycles. The highest BCUT2D eigenvalue weighted by Gasteiger charge is 2.15. The molecule has 1 aliphatic rings. The Hall–Kier alpha value is -0.540. The molecule has 1 saturated carbocycles. The second kappa shape index (κ2) is 6.58. The van der Waals surface area contributed by atoms with Crippen LogP contribution in [0, 0.1) is 6.92 Å². The normalized spacial score (nSPS) is 17.9. The van der Waals surface area contributed by atoms with Gasteiger partial charge in [-0.1, -0.05) is 34.8 Å². The summed E-state index contributed by atoms with van der Waals surface area (Å²) in [4.78, 5) is 0. The van der Waals surface area contributed by atoms with E-state index >= 15 is 0 Å². The van der Waals surface area contributed by atoms with E-state index in [9.17, 15) is 0 Å². The van der Waals surface area contributed by atoms with Crippen LogP contribution in [0.4, 0.5) is 0 Å². The third-order valence-electron chi connectivity index (χ3n) is 3.53. The number of hydrogen-bond donors (Lipinski definition) is 1. The van der Waals surface area contributed by atoms with Crippen LogP contribution in [0.5, 0.6) is 5.75 Å². The van der Waals surface area contributed by atoms with Crippen molar-refractivity contribution in [3.63, 3.8) is 0 Å². The van der Waals surface area contributed by atoms with Crippen molar-refractivity contribution in [1.29, 1.82) is 0 Å². The van der Waals surface area contributed by atoms with Crippen molar-refractivity contribution in [1.82, 2.24) is 5.32 Å². The van der Waals surface area contributed by atoms with E-state index in [0.717, 1.165) is 16.8 Å². The Morgan fingerprint density at radius 2 is 2.11 bits per heavy atom. The molecular formula is C15H22BrNO. The van der Waals surface area contributed by atoms with Gasteiger partial charge in [-0.15, -0.1) is 0 Å². The summed E-state index contributed by atoms with van der Waals surface area (Å²) in [6.07, 6.45) is 5.60. The second-order valence-corrected chi connectivity index (χ2v) is 6.14. The highest BCUT2D eigenvalue weighted by atomic mass is 79.9. The number of ether oxygens (including phenoxy) is 1. The Morgan fingerprint density at radius 3 is 2.83 bits per heavy atom. The van der Waals surface area contributed by atoms with E-state index < -0.39 is 0 Å². The average molecular weight is 312 g/mol. The Bertz CT molecular complexity index is 388. The van der Waals surface area contributed by atoms with Crippen LogP contribution in [0.3, 0.4) is 0 Å². The Kier molecular flexibility index (Phi) is 5.07. The highest BCUT2D eigenvalue weighted by Crippen LogP contribution is 2.24. The van der Waals surface area contributed by atoms with Crippen molar-refractivity contribution in [2.24, 2.45) is 0 Å². The molecule has 1 N–H and O–H groups in total. The van der Waals surface area contributed by atoms with Crippen molar-refractivity contribution < 1.29 is 4.74 Å². The van der Waals surface area contributed by atoms with Gasteiger partial charge in [0.2, 0.25) is 0 Å². The van der Waals surface area contributed by atoms with Crippen molar-refractivity contribution in [2.45, 2.75) is 51.7 Å². The molecule has 100 valence electrons. The third-order valence-corrected chi connectivity index (χ3v) is 4.02. The lowest BCUT2D eigenvalue weighted by Gasteiger charge is -2.19. The van der Waals surface area contributed by atoms with Gasteiger partial charge >= 0.3 is 0 Å². The van der Waals surface area contributed by atoms with E-state index in [1.165, 1.54) is 31.2 Å². The van der Waals surface area contributed by atoms with Gasteiger partial charge in [0, 0.05) is 17.1 Å². The molecule has 18 heavy (non-hydrogen) atoms. The quantitative estimate of drug-likeness (QED) is 0.885.